The van der Waals surface area contributed by atoms with Gasteiger partial charge in [0.15, 0.2) is 12.1 Å². The third-order valence-electron chi connectivity index (χ3n) is 10.1. The summed E-state index contributed by atoms with van der Waals surface area (Å²) in [5, 5.41) is 9.63. The van der Waals surface area contributed by atoms with Gasteiger partial charge in [-0.1, -0.05) is 157 Å². The summed E-state index contributed by atoms with van der Waals surface area (Å²) in [6.45, 7) is 4.56. The van der Waals surface area contributed by atoms with E-state index in [1.807, 2.05) is 21.1 Å². The normalized spacial score (nSPS) is 13.6. The largest absolute Gasteiger partial charge is 0.477 e. The first kappa shape index (κ1) is 55.8. The fraction of sp³-hybridized carbons (Fsp3) is 0.706. The maximum absolute atomic E-state index is 12.8. The molecule has 59 heavy (non-hydrogen) atoms. The number of likely N-dealkylation sites (N-methyl/N-ethyl adjacent to an activating group) is 1. The third-order valence-corrected chi connectivity index (χ3v) is 10.1. The van der Waals surface area contributed by atoms with E-state index in [-0.39, 0.29) is 36.2 Å². The zero-order valence-electron chi connectivity index (χ0n) is 38.4. The highest BCUT2D eigenvalue weighted by molar-refractivity contribution is 5.72. The fourth-order valence-electron chi connectivity index (χ4n) is 6.48. The summed E-state index contributed by atoms with van der Waals surface area (Å²) < 4.78 is 17.3. The Hall–Kier alpha value is -3.23. The molecule has 0 aromatic carbocycles. The number of ether oxygens (including phenoxy) is 3. The predicted octanol–water partition coefficient (Wildman–Crippen LogP) is 13.1. The smallest absolute Gasteiger partial charge is 0.362 e. The van der Waals surface area contributed by atoms with E-state index in [4.69, 9.17) is 14.2 Å². The van der Waals surface area contributed by atoms with E-state index in [0.717, 1.165) is 96.3 Å². The molecule has 0 amide bonds. The fourth-order valence-corrected chi connectivity index (χ4v) is 6.48. The number of hydrogen-bond acceptors (Lipinski definition) is 6. The summed E-state index contributed by atoms with van der Waals surface area (Å²) in [4.78, 5) is 37.1. The van der Waals surface area contributed by atoms with E-state index in [1.165, 1.54) is 51.4 Å². The van der Waals surface area contributed by atoms with Gasteiger partial charge in [-0.15, -0.1) is 0 Å². The van der Waals surface area contributed by atoms with Crippen LogP contribution in [0.3, 0.4) is 0 Å². The highest BCUT2D eigenvalue weighted by Gasteiger charge is 2.31. The second-order valence-corrected chi connectivity index (χ2v) is 16.7. The molecule has 0 heterocycles. The van der Waals surface area contributed by atoms with Crippen LogP contribution < -0.4 is 0 Å². The number of allylic oxidation sites excluding steroid dienone is 12. The SMILES string of the molecule is CC/C=C/C/C=C/C/C=C/C/C=C/CCCCCCCCCC(=O)OC(COCCC(C(=O)O)[N+](C)(C)C)COC(=O)CCCCCCCC/C=C/C=C/CCCCC. The molecule has 0 aromatic heterocycles. The molecule has 0 spiro atoms. The van der Waals surface area contributed by atoms with Crippen molar-refractivity contribution in [1.29, 1.82) is 0 Å². The Bertz CT molecular complexity index is 1190. The van der Waals surface area contributed by atoms with Gasteiger partial charge < -0.3 is 23.8 Å². The summed E-state index contributed by atoms with van der Waals surface area (Å²) in [5.41, 5.74) is 0. The molecule has 0 aliphatic carbocycles. The molecule has 1 N–H and O–H groups in total. The average molecular weight is 827 g/mol. The first-order chi connectivity index (χ1) is 28.6. The Morgan fingerprint density at radius 1 is 0.542 bits per heavy atom. The molecule has 0 saturated heterocycles. The Balaban J connectivity index is 4.35. The number of nitrogens with zero attached hydrogens (tertiary/aromatic N) is 1. The van der Waals surface area contributed by atoms with Crippen molar-refractivity contribution in [3.05, 3.63) is 72.9 Å². The Morgan fingerprint density at radius 2 is 1.00 bits per heavy atom. The molecule has 0 bridgehead atoms. The van der Waals surface area contributed by atoms with Gasteiger partial charge in [0, 0.05) is 19.3 Å². The van der Waals surface area contributed by atoms with Crippen LogP contribution in [0.2, 0.25) is 0 Å². The molecular weight excluding hydrogens is 739 g/mol. The lowest BCUT2D eigenvalue weighted by atomic mass is 10.1. The van der Waals surface area contributed by atoms with Crippen LogP contribution in [0.1, 0.15) is 181 Å². The first-order valence-electron chi connectivity index (χ1n) is 23.5. The standard InChI is InChI=1S/C51H87NO7/c1-6-8-10-12-14-16-18-20-22-23-24-25-26-28-30-32-34-36-38-40-42-50(54)59-47(45-57-44-43-48(51(55)56)52(3,4)5)46-58-49(53)41-39-37-35-33-31-29-27-21-19-17-15-13-11-9-7-2/h8,10,14-17,19-22,24-25,47-48H,6-7,9,11-13,18,23,26-46H2,1-5H3/p+1/b10-8+,16-14+,17-15+,21-19+,22-20+,25-24+. The minimum Gasteiger partial charge on any atom is -0.477 e. The van der Waals surface area contributed by atoms with Crippen molar-refractivity contribution in [3.8, 4) is 0 Å². The van der Waals surface area contributed by atoms with Crippen LogP contribution in [0.4, 0.5) is 0 Å². The second kappa shape index (κ2) is 41.5. The number of quaternary nitrogens is 1. The third kappa shape index (κ3) is 40.0. The number of unbranched alkanes of at least 4 members (excludes halogenated alkanes) is 16. The number of aliphatic carboxylic acids is 1. The summed E-state index contributed by atoms with van der Waals surface area (Å²) in [6.07, 6.45) is 52.2. The number of esters is 2. The molecule has 8 nitrogen and oxygen atoms in total. The van der Waals surface area contributed by atoms with Crippen LogP contribution >= 0.6 is 0 Å². The summed E-state index contributed by atoms with van der Waals surface area (Å²) in [5.74, 6) is -1.50. The van der Waals surface area contributed by atoms with Gasteiger partial charge in [0.2, 0.25) is 0 Å². The zero-order valence-corrected chi connectivity index (χ0v) is 38.4. The molecule has 0 fully saturated rings. The van der Waals surface area contributed by atoms with Gasteiger partial charge in [-0.25, -0.2) is 4.79 Å². The van der Waals surface area contributed by atoms with Crippen molar-refractivity contribution >= 4 is 17.9 Å². The van der Waals surface area contributed by atoms with Gasteiger partial charge >= 0.3 is 17.9 Å². The van der Waals surface area contributed by atoms with E-state index in [9.17, 15) is 19.5 Å². The van der Waals surface area contributed by atoms with Gasteiger partial charge in [0.05, 0.1) is 34.4 Å². The topological polar surface area (TPSA) is 99.1 Å². The minimum atomic E-state index is -0.881. The van der Waals surface area contributed by atoms with Crippen LogP contribution in [0.5, 0.6) is 0 Å². The monoisotopic (exact) mass is 827 g/mol. The summed E-state index contributed by atoms with van der Waals surface area (Å²) >= 11 is 0. The number of hydrogen-bond donors (Lipinski definition) is 1. The van der Waals surface area contributed by atoms with Crippen molar-refractivity contribution in [2.45, 2.75) is 193 Å². The van der Waals surface area contributed by atoms with Crippen molar-refractivity contribution in [2.24, 2.45) is 0 Å². The van der Waals surface area contributed by atoms with Crippen molar-refractivity contribution in [1.82, 2.24) is 0 Å². The van der Waals surface area contributed by atoms with Gasteiger partial charge in [0.1, 0.15) is 6.61 Å². The molecule has 2 atom stereocenters. The number of carbonyl (C=O) groups excluding carboxylic acids is 2. The van der Waals surface area contributed by atoms with Gasteiger partial charge in [-0.05, 0) is 77.0 Å². The molecule has 0 radical (unpaired) electrons. The minimum absolute atomic E-state index is 0.0495. The molecule has 2 unspecified atom stereocenters. The molecular formula is C51H88NO7+. The molecule has 0 aliphatic heterocycles. The molecule has 0 aromatic rings. The Labute approximate surface area is 361 Å². The highest BCUT2D eigenvalue weighted by Crippen LogP contribution is 2.14. The van der Waals surface area contributed by atoms with E-state index >= 15 is 0 Å². The number of carboxylic acids is 1. The molecule has 0 rings (SSSR count). The van der Waals surface area contributed by atoms with E-state index in [1.54, 1.807) is 0 Å². The molecule has 8 heteroatoms. The molecule has 0 saturated carbocycles. The maximum Gasteiger partial charge on any atom is 0.362 e. The van der Waals surface area contributed by atoms with Crippen LogP contribution in [0.15, 0.2) is 72.9 Å². The lowest BCUT2D eigenvalue weighted by Gasteiger charge is -2.31. The number of carbonyl (C=O) groups is 3. The van der Waals surface area contributed by atoms with Crippen molar-refractivity contribution in [2.75, 3.05) is 41.0 Å². The lowest BCUT2D eigenvalue weighted by Crippen LogP contribution is -2.50. The van der Waals surface area contributed by atoms with Gasteiger partial charge in [-0.2, -0.15) is 0 Å². The number of carboxylic acid groups (broad SMARTS) is 1. The summed E-state index contributed by atoms with van der Waals surface area (Å²) in [7, 11) is 5.52. The van der Waals surface area contributed by atoms with Crippen molar-refractivity contribution < 1.29 is 38.2 Å². The van der Waals surface area contributed by atoms with Crippen LogP contribution in [0, 0.1) is 0 Å². The Kier molecular flexibility index (Phi) is 39.2. The van der Waals surface area contributed by atoms with E-state index in [2.05, 4.69) is 86.8 Å². The van der Waals surface area contributed by atoms with E-state index in [0.29, 0.717) is 19.3 Å². The van der Waals surface area contributed by atoms with Crippen LogP contribution in [-0.2, 0) is 28.6 Å². The predicted molar refractivity (Wildman–Crippen MR) is 247 cm³/mol. The first-order valence-corrected chi connectivity index (χ1v) is 23.5. The highest BCUT2D eigenvalue weighted by atomic mass is 16.6. The van der Waals surface area contributed by atoms with Crippen LogP contribution in [-0.4, -0.2) is 80.6 Å². The maximum atomic E-state index is 12.8. The molecule has 0 aliphatic rings. The van der Waals surface area contributed by atoms with Crippen LogP contribution in [0.25, 0.3) is 0 Å². The van der Waals surface area contributed by atoms with Gasteiger partial charge in [0.25, 0.3) is 0 Å². The quantitative estimate of drug-likeness (QED) is 0.0215. The molecule has 338 valence electrons. The van der Waals surface area contributed by atoms with E-state index < -0.39 is 18.1 Å². The Morgan fingerprint density at radius 3 is 1.51 bits per heavy atom. The summed E-state index contributed by atoms with van der Waals surface area (Å²) in [6, 6.07) is -0.622. The zero-order chi connectivity index (χ0) is 43.5. The second-order valence-electron chi connectivity index (χ2n) is 16.7. The number of rotatable bonds is 41. The lowest BCUT2D eigenvalue weighted by molar-refractivity contribution is -0.887. The van der Waals surface area contributed by atoms with Gasteiger partial charge in [-0.3, -0.25) is 9.59 Å². The van der Waals surface area contributed by atoms with Crippen molar-refractivity contribution in [3.63, 3.8) is 0 Å². The average Bonchev–Trinajstić information content (AvgIpc) is 3.19.